The number of nitrogens with zero attached hydrogens (tertiary/aromatic N) is 2. The largest absolute Gasteiger partial charge is 0.352 e. The lowest BCUT2D eigenvalue weighted by Gasteiger charge is -2.17. The fraction of sp³-hybridized carbons (Fsp3) is 0.320. The quantitative estimate of drug-likeness (QED) is 0.464. The molecule has 0 saturated heterocycles. The third kappa shape index (κ3) is 6.77. The zero-order chi connectivity index (χ0) is 22.9. The Labute approximate surface area is 187 Å². The first-order valence-electron chi connectivity index (χ1n) is 10.8. The highest BCUT2D eigenvalue weighted by atomic mass is 19.1. The first-order valence-corrected chi connectivity index (χ1v) is 10.8. The second-order valence-electron chi connectivity index (χ2n) is 7.93. The van der Waals surface area contributed by atoms with Crippen molar-refractivity contribution in [2.24, 2.45) is 0 Å². The van der Waals surface area contributed by atoms with E-state index in [0.29, 0.717) is 18.7 Å². The zero-order valence-electron chi connectivity index (χ0n) is 18.5. The summed E-state index contributed by atoms with van der Waals surface area (Å²) in [4.78, 5) is 25.3. The number of hydrogen-bond acceptors (Lipinski definition) is 3. The van der Waals surface area contributed by atoms with Crippen LogP contribution in [0.2, 0.25) is 0 Å². The van der Waals surface area contributed by atoms with E-state index in [4.69, 9.17) is 0 Å². The van der Waals surface area contributed by atoms with Crippen LogP contribution in [0.15, 0.2) is 54.6 Å². The standard InChI is InChI=1S/C25H29FN4O2/c1-18(31)27-17-19-7-9-21(10-8-19)25(32)30(2)15-5-3-4-6-23-16-24(29-28-23)20-11-13-22(26)14-12-20/h7-14,16H,3-6,15,17H2,1-2H3,(H,27,31)(H,28,29). The van der Waals surface area contributed by atoms with Crippen LogP contribution in [0.5, 0.6) is 0 Å². The summed E-state index contributed by atoms with van der Waals surface area (Å²) in [6.07, 6.45) is 3.78. The molecule has 6 nitrogen and oxygen atoms in total. The molecule has 0 radical (unpaired) electrons. The fourth-order valence-corrected chi connectivity index (χ4v) is 3.41. The second-order valence-corrected chi connectivity index (χ2v) is 7.93. The number of carbonyl (C=O) groups excluding carboxylic acids is 2. The maximum Gasteiger partial charge on any atom is 0.253 e. The predicted octanol–water partition coefficient (Wildman–Crippen LogP) is 4.34. The molecule has 1 heterocycles. The van der Waals surface area contributed by atoms with Gasteiger partial charge in [-0.3, -0.25) is 14.7 Å². The summed E-state index contributed by atoms with van der Waals surface area (Å²) in [5.41, 5.74) is 4.35. The third-order valence-corrected chi connectivity index (χ3v) is 5.30. The minimum Gasteiger partial charge on any atom is -0.352 e. The van der Waals surface area contributed by atoms with Crippen LogP contribution in [0.4, 0.5) is 4.39 Å². The summed E-state index contributed by atoms with van der Waals surface area (Å²) in [7, 11) is 1.82. The van der Waals surface area contributed by atoms with E-state index in [9.17, 15) is 14.0 Å². The molecule has 3 rings (SSSR count). The molecule has 1 aromatic heterocycles. The summed E-state index contributed by atoms with van der Waals surface area (Å²) < 4.78 is 13.1. The van der Waals surface area contributed by atoms with Gasteiger partial charge in [0.05, 0.1) is 5.69 Å². The Hall–Kier alpha value is -3.48. The van der Waals surface area contributed by atoms with Gasteiger partial charge in [-0.1, -0.05) is 18.6 Å². The highest BCUT2D eigenvalue weighted by molar-refractivity contribution is 5.94. The number of amides is 2. The number of H-pyrrole nitrogens is 1. The molecule has 0 aliphatic rings. The average molecular weight is 437 g/mol. The number of nitrogens with one attached hydrogen (secondary N) is 2. The minimum absolute atomic E-state index is 0.00594. The Morgan fingerprint density at radius 3 is 2.44 bits per heavy atom. The van der Waals surface area contributed by atoms with Crippen molar-refractivity contribution in [3.8, 4) is 11.3 Å². The first kappa shape index (κ1) is 23.2. The van der Waals surface area contributed by atoms with Crippen molar-refractivity contribution < 1.29 is 14.0 Å². The number of carbonyl (C=O) groups is 2. The van der Waals surface area contributed by atoms with Gasteiger partial charge in [0.1, 0.15) is 5.82 Å². The molecule has 0 saturated carbocycles. The van der Waals surface area contributed by atoms with E-state index in [2.05, 4.69) is 15.5 Å². The van der Waals surface area contributed by atoms with E-state index >= 15 is 0 Å². The topological polar surface area (TPSA) is 78.1 Å². The third-order valence-electron chi connectivity index (χ3n) is 5.30. The summed E-state index contributed by atoms with van der Waals surface area (Å²) in [6, 6.07) is 15.6. The summed E-state index contributed by atoms with van der Waals surface area (Å²) in [5, 5.41) is 10.1. The van der Waals surface area contributed by atoms with E-state index in [0.717, 1.165) is 48.2 Å². The van der Waals surface area contributed by atoms with E-state index in [-0.39, 0.29) is 17.6 Å². The molecule has 0 aliphatic carbocycles. The highest BCUT2D eigenvalue weighted by Crippen LogP contribution is 2.19. The van der Waals surface area contributed by atoms with Crippen molar-refractivity contribution in [1.29, 1.82) is 0 Å². The van der Waals surface area contributed by atoms with Crippen LogP contribution in [-0.4, -0.2) is 40.5 Å². The van der Waals surface area contributed by atoms with Crippen molar-refractivity contribution in [2.75, 3.05) is 13.6 Å². The number of halogens is 1. The van der Waals surface area contributed by atoms with Crippen LogP contribution in [0, 0.1) is 5.82 Å². The number of aromatic nitrogens is 2. The number of aryl methyl sites for hydroxylation is 1. The van der Waals surface area contributed by atoms with Crippen LogP contribution >= 0.6 is 0 Å². The fourth-order valence-electron chi connectivity index (χ4n) is 3.41. The van der Waals surface area contributed by atoms with Gasteiger partial charge in [-0.25, -0.2) is 4.39 Å². The maximum absolute atomic E-state index is 13.1. The van der Waals surface area contributed by atoms with E-state index in [1.165, 1.54) is 19.1 Å². The summed E-state index contributed by atoms with van der Waals surface area (Å²) >= 11 is 0. The molecular weight excluding hydrogens is 407 g/mol. The summed E-state index contributed by atoms with van der Waals surface area (Å²) in [5.74, 6) is -0.341. The first-order chi connectivity index (χ1) is 15.4. The van der Waals surface area contributed by atoms with Gasteiger partial charge in [0.15, 0.2) is 0 Å². The van der Waals surface area contributed by atoms with Gasteiger partial charge in [0, 0.05) is 43.9 Å². The lowest BCUT2D eigenvalue weighted by molar-refractivity contribution is -0.119. The molecule has 0 bridgehead atoms. The Bertz CT molecular complexity index is 1030. The molecule has 7 heteroatoms. The lowest BCUT2D eigenvalue weighted by atomic mass is 10.1. The van der Waals surface area contributed by atoms with E-state index in [1.54, 1.807) is 29.2 Å². The Morgan fingerprint density at radius 1 is 1.03 bits per heavy atom. The van der Waals surface area contributed by atoms with Gasteiger partial charge in [-0.2, -0.15) is 5.10 Å². The van der Waals surface area contributed by atoms with Crippen LogP contribution < -0.4 is 5.32 Å². The molecule has 0 unspecified atom stereocenters. The number of aromatic amines is 1. The molecule has 0 fully saturated rings. The van der Waals surface area contributed by atoms with Crippen molar-refractivity contribution in [1.82, 2.24) is 20.4 Å². The lowest BCUT2D eigenvalue weighted by Crippen LogP contribution is -2.27. The van der Waals surface area contributed by atoms with E-state index in [1.807, 2.05) is 25.2 Å². The minimum atomic E-state index is -0.257. The maximum atomic E-state index is 13.1. The molecule has 2 aromatic carbocycles. The van der Waals surface area contributed by atoms with Gasteiger partial charge in [0.25, 0.3) is 5.91 Å². The van der Waals surface area contributed by atoms with Gasteiger partial charge in [0.2, 0.25) is 5.91 Å². The zero-order valence-corrected chi connectivity index (χ0v) is 18.5. The molecule has 3 aromatic rings. The van der Waals surface area contributed by atoms with E-state index < -0.39 is 0 Å². The molecule has 168 valence electrons. The smallest absolute Gasteiger partial charge is 0.253 e. The van der Waals surface area contributed by atoms with Crippen LogP contribution in [-0.2, 0) is 17.8 Å². The van der Waals surface area contributed by atoms with Crippen LogP contribution in [0.3, 0.4) is 0 Å². The monoisotopic (exact) mass is 436 g/mol. The van der Waals surface area contributed by atoms with Gasteiger partial charge >= 0.3 is 0 Å². The van der Waals surface area contributed by atoms with Gasteiger partial charge in [-0.05, 0) is 67.3 Å². The normalized spacial score (nSPS) is 10.7. The Balaban J connectivity index is 1.37. The molecule has 0 spiro atoms. The van der Waals surface area contributed by atoms with Crippen molar-refractivity contribution in [3.05, 3.63) is 77.2 Å². The second kappa shape index (κ2) is 11.2. The number of unbranched alkanes of at least 4 members (excludes halogenated alkanes) is 2. The Kier molecular flexibility index (Phi) is 8.14. The molecule has 2 amide bonds. The molecule has 32 heavy (non-hydrogen) atoms. The average Bonchev–Trinajstić information content (AvgIpc) is 3.26. The van der Waals surface area contributed by atoms with Crippen molar-refractivity contribution >= 4 is 11.8 Å². The number of hydrogen-bond donors (Lipinski definition) is 2. The van der Waals surface area contributed by atoms with Crippen LogP contribution in [0.25, 0.3) is 11.3 Å². The number of rotatable bonds is 10. The van der Waals surface area contributed by atoms with Gasteiger partial charge < -0.3 is 10.2 Å². The van der Waals surface area contributed by atoms with Crippen molar-refractivity contribution in [2.45, 2.75) is 39.2 Å². The SMILES string of the molecule is CC(=O)NCc1ccc(C(=O)N(C)CCCCCc2cc(-c3ccc(F)cc3)n[nH]2)cc1. The van der Waals surface area contributed by atoms with Gasteiger partial charge in [-0.15, -0.1) is 0 Å². The highest BCUT2D eigenvalue weighted by Gasteiger charge is 2.11. The summed E-state index contributed by atoms with van der Waals surface area (Å²) in [6.45, 7) is 2.63. The van der Waals surface area contributed by atoms with Crippen molar-refractivity contribution in [3.63, 3.8) is 0 Å². The molecular formula is C25H29FN4O2. The number of benzene rings is 2. The molecule has 0 aliphatic heterocycles. The molecule has 2 N–H and O–H groups in total. The predicted molar refractivity (Wildman–Crippen MR) is 122 cm³/mol. The molecule has 0 atom stereocenters. The Morgan fingerprint density at radius 2 is 1.75 bits per heavy atom. The van der Waals surface area contributed by atoms with Crippen LogP contribution in [0.1, 0.15) is 47.8 Å².